The first-order chi connectivity index (χ1) is 29.6. The molecule has 316 valence electrons. The summed E-state index contributed by atoms with van der Waals surface area (Å²) in [5.41, 5.74) is 8.64. The molecule has 0 saturated carbocycles. The van der Waals surface area contributed by atoms with Gasteiger partial charge in [0.15, 0.2) is 0 Å². The molecule has 0 atom stereocenters. The fourth-order valence-electron chi connectivity index (χ4n) is 6.75. The molecule has 2 amide bonds. The molecule has 6 rings (SSSR count). The number of carbonyl (C=O) groups excluding carboxylic acids is 2. The molecule has 0 aromatic heterocycles. The van der Waals surface area contributed by atoms with Gasteiger partial charge in [0.2, 0.25) is 0 Å². The van der Waals surface area contributed by atoms with E-state index in [-0.39, 0.29) is 36.4 Å². The first-order valence-corrected chi connectivity index (χ1v) is 22.8. The molecule has 6 aromatic carbocycles. The van der Waals surface area contributed by atoms with E-state index in [2.05, 4.69) is 131 Å². The number of halogens is 4. The number of rotatable bonds is 20. The quantitative estimate of drug-likeness (QED) is 0.0339. The van der Waals surface area contributed by atoms with Crippen LogP contribution < -0.4 is 20.7 Å². The number of phenols is 2. The lowest BCUT2D eigenvalue weighted by Gasteiger charge is -2.26. The highest BCUT2D eigenvalue weighted by molar-refractivity contribution is 9.11. The standard InChI is InChI=1S/C46H44Br4N6O5/c47-37-23-31(24-38(48)45(37)59)27-51-53-43(57)29-55(41-17-9-13-33-11-1-3-15-35(33)41)19-5-7-21-61-22-8-6-20-56(42-18-10-14-34-12-2-4-16-36(34)42)30-44(58)54-52-28-32-25-39(49)46(60)40(50)26-32/h1-4,9-18,23-28,59-60H,5-8,19-22,29-30H2,(H,53,57)(H,54,58)/b51-27-,52-28-. The summed E-state index contributed by atoms with van der Waals surface area (Å²) in [4.78, 5) is 30.5. The molecule has 11 nitrogen and oxygen atoms in total. The Hall–Kier alpha value is -4.80. The van der Waals surface area contributed by atoms with Gasteiger partial charge in [-0.2, -0.15) is 10.2 Å². The number of carbonyl (C=O) groups is 2. The number of unbranched alkanes of at least 4 members (excludes halogenated alkanes) is 2. The number of benzene rings is 6. The molecular formula is C46H44Br4N6O5. The first kappa shape index (κ1) is 45.7. The predicted molar refractivity (Wildman–Crippen MR) is 260 cm³/mol. The van der Waals surface area contributed by atoms with Crippen molar-refractivity contribution < 1.29 is 24.5 Å². The van der Waals surface area contributed by atoms with Crippen molar-refractivity contribution in [2.24, 2.45) is 10.2 Å². The van der Waals surface area contributed by atoms with Crippen molar-refractivity contribution in [2.75, 3.05) is 49.2 Å². The van der Waals surface area contributed by atoms with Gasteiger partial charge in [0.25, 0.3) is 11.8 Å². The van der Waals surface area contributed by atoms with Crippen LogP contribution in [0.3, 0.4) is 0 Å². The lowest BCUT2D eigenvalue weighted by Crippen LogP contribution is -2.36. The summed E-state index contributed by atoms with van der Waals surface area (Å²) in [6.45, 7) is 2.67. The van der Waals surface area contributed by atoms with Crippen molar-refractivity contribution in [3.05, 3.63) is 138 Å². The van der Waals surface area contributed by atoms with Crippen molar-refractivity contribution >= 4 is 121 Å². The van der Waals surface area contributed by atoms with E-state index in [0.717, 1.165) is 58.6 Å². The normalized spacial score (nSPS) is 11.5. The van der Waals surface area contributed by atoms with Crippen LogP contribution in [0.25, 0.3) is 21.5 Å². The fourth-order valence-corrected chi connectivity index (χ4v) is 9.19. The Morgan fingerprint density at radius 2 is 0.934 bits per heavy atom. The van der Waals surface area contributed by atoms with Crippen LogP contribution in [0.4, 0.5) is 11.4 Å². The summed E-state index contributed by atoms with van der Waals surface area (Å²) < 4.78 is 8.13. The maximum absolute atomic E-state index is 13.2. The van der Waals surface area contributed by atoms with Crippen molar-refractivity contribution in [1.29, 1.82) is 0 Å². The van der Waals surface area contributed by atoms with E-state index in [1.807, 2.05) is 48.5 Å². The summed E-state index contributed by atoms with van der Waals surface area (Å²) in [5.74, 6) is -0.323. The zero-order valence-electron chi connectivity index (χ0n) is 33.0. The highest BCUT2D eigenvalue weighted by atomic mass is 79.9. The Bertz CT molecular complexity index is 2310. The van der Waals surface area contributed by atoms with Gasteiger partial charge < -0.3 is 24.7 Å². The van der Waals surface area contributed by atoms with E-state index < -0.39 is 0 Å². The Morgan fingerprint density at radius 1 is 0.557 bits per heavy atom. The Labute approximate surface area is 388 Å². The smallest absolute Gasteiger partial charge is 0.259 e. The number of anilines is 2. The monoisotopic (exact) mass is 1080 g/mol. The van der Waals surface area contributed by atoms with Gasteiger partial charge in [-0.3, -0.25) is 9.59 Å². The van der Waals surface area contributed by atoms with E-state index in [1.54, 1.807) is 24.3 Å². The fraction of sp³-hybridized carbons (Fsp3) is 0.217. The Balaban J connectivity index is 0.993. The summed E-state index contributed by atoms with van der Waals surface area (Å²) in [7, 11) is 0. The van der Waals surface area contributed by atoms with Crippen molar-refractivity contribution in [3.63, 3.8) is 0 Å². The average molecular weight is 1080 g/mol. The minimum Gasteiger partial charge on any atom is -0.506 e. The second-order valence-corrected chi connectivity index (χ2v) is 17.5. The average Bonchev–Trinajstić information content (AvgIpc) is 3.25. The minimum atomic E-state index is -0.254. The van der Waals surface area contributed by atoms with Crippen molar-refractivity contribution in [2.45, 2.75) is 25.7 Å². The molecule has 0 fully saturated rings. The van der Waals surface area contributed by atoms with Crippen LogP contribution in [0.2, 0.25) is 0 Å². The van der Waals surface area contributed by atoms with Gasteiger partial charge in [-0.25, -0.2) is 10.9 Å². The third-order valence-corrected chi connectivity index (χ3v) is 12.1. The van der Waals surface area contributed by atoms with Crippen LogP contribution >= 0.6 is 63.7 Å². The number of nitrogens with one attached hydrogen (secondary N) is 2. The molecule has 0 unspecified atom stereocenters. The SMILES string of the molecule is O=C(CN(CCCCOCCCCN(CC(=O)N/N=C\c1cc(Br)c(O)c(Br)c1)c1cccc2ccccc12)c1cccc2ccccc12)N/N=C\c1cc(Br)c(O)c(Br)c1. The summed E-state index contributed by atoms with van der Waals surface area (Å²) >= 11 is 13.3. The molecule has 4 N–H and O–H groups in total. The number of hydrogen-bond acceptors (Lipinski definition) is 9. The lowest BCUT2D eigenvalue weighted by molar-refractivity contribution is -0.120. The number of fused-ring (bicyclic) bond motifs is 2. The zero-order valence-corrected chi connectivity index (χ0v) is 39.4. The first-order valence-electron chi connectivity index (χ1n) is 19.6. The molecule has 15 heteroatoms. The third-order valence-electron chi connectivity index (χ3n) is 9.70. The third kappa shape index (κ3) is 13.1. The maximum atomic E-state index is 13.2. The van der Waals surface area contributed by atoms with E-state index in [1.165, 1.54) is 12.4 Å². The van der Waals surface area contributed by atoms with Gasteiger partial charge in [0.05, 0.1) is 43.4 Å². The van der Waals surface area contributed by atoms with Crippen LogP contribution in [0.5, 0.6) is 11.5 Å². The van der Waals surface area contributed by atoms with Gasteiger partial charge in [0.1, 0.15) is 11.5 Å². The highest BCUT2D eigenvalue weighted by Gasteiger charge is 2.16. The lowest BCUT2D eigenvalue weighted by atomic mass is 10.1. The number of hydrazone groups is 2. The molecule has 61 heavy (non-hydrogen) atoms. The molecule has 0 radical (unpaired) electrons. The number of nitrogens with zero attached hydrogens (tertiary/aromatic N) is 4. The molecule has 0 bridgehead atoms. The number of amides is 2. The molecule has 0 aliphatic rings. The Kier molecular flexibility index (Phi) is 17.1. The van der Waals surface area contributed by atoms with Crippen molar-refractivity contribution in [1.82, 2.24) is 10.9 Å². The number of aromatic hydroxyl groups is 2. The molecule has 0 saturated heterocycles. The predicted octanol–water partition coefficient (Wildman–Crippen LogP) is 10.6. The second-order valence-electron chi connectivity index (χ2n) is 14.1. The van der Waals surface area contributed by atoms with Gasteiger partial charge in [-0.15, -0.1) is 0 Å². The topological polar surface area (TPSA) is 139 Å². The van der Waals surface area contributed by atoms with E-state index in [9.17, 15) is 19.8 Å². The van der Waals surface area contributed by atoms with Gasteiger partial charge in [0, 0.05) is 48.5 Å². The van der Waals surface area contributed by atoms with Gasteiger partial charge >= 0.3 is 0 Å². The number of ether oxygens (including phenoxy) is 1. The Morgan fingerprint density at radius 3 is 1.34 bits per heavy atom. The summed E-state index contributed by atoms with van der Waals surface area (Å²) in [5, 5.41) is 32.6. The van der Waals surface area contributed by atoms with Gasteiger partial charge in [-0.1, -0.05) is 72.8 Å². The highest BCUT2D eigenvalue weighted by Crippen LogP contribution is 2.34. The molecule has 0 aliphatic heterocycles. The molecule has 0 heterocycles. The zero-order chi connectivity index (χ0) is 43.1. The molecular weight excluding hydrogens is 1040 g/mol. The molecule has 0 spiro atoms. The number of phenolic OH excluding ortho intramolecular Hbond substituents is 2. The largest absolute Gasteiger partial charge is 0.506 e. The van der Waals surface area contributed by atoms with Crippen LogP contribution in [0.15, 0.2) is 137 Å². The van der Waals surface area contributed by atoms with Crippen LogP contribution in [0, 0.1) is 0 Å². The van der Waals surface area contributed by atoms with E-state index in [0.29, 0.717) is 55.3 Å². The maximum Gasteiger partial charge on any atom is 0.259 e. The molecule has 0 aliphatic carbocycles. The summed E-state index contributed by atoms with van der Waals surface area (Å²) in [6.07, 6.45) is 6.30. The van der Waals surface area contributed by atoms with Crippen LogP contribution in [-0.2, 0) is 14.3 Å². The number of hydrogen-bond donors (Lipinski definition) is 4. The van der Waals surface area contributed by atoms with Gasteiger partial charge in [-0.05, 0) is 148 Å². The molecule has 6 aromatic rings. The van der Waals surface area contributed by atoms with Crippen molar-refractivity contribution in [3.8, 4) is 11.5 Å². The van der Waals surface area contributed by atoms with Crippen LogP contribution in [-0.4, -0.2) is 73.8 Å². The van der Waals surface area contributed by atoms with E-state index >= 15 is 0 Å². The van der Waals surface area contributed by atoms with Crippen LogP contribution in [0.1, 0.15) is 36.8 Å². The summed E-state index contributed by atoms with van der Waals surface area (Å²) in [6, 6.07) is 35.3. The van der Waals surface area contributed by atoms with E-state index in [4.69, 9.17) is 4.74 Å². The second kappa shape index (κ2) is 22.9. The minimum absolute atomic E-state index is 0.0921.